The Kier molecular flexibility index (Phi) is 9.07. The second-order valence-electron chi connectivity index (χ2n) is 8.75. The normalized spacial score (nSPS) is 11.3. The van der Waals surface area contributed by atoms with Crippen molar-refractivity contribution in [2.75, 3.05) is 34.8 Å². The van der Waals surface area contributed by atoms with Crippen molar-refractivity contribution in [1.29, 1.82) is 0 Å². The maximum atomic E-state index is 12.8. The van der Waals surface area contributed by atoms with Crippen molar-refractivity contribution in [2.45, 2.75) is 40.7 Å². The molecule has 3 N–H and O–H groups in total. The largest absolute Gasteiger partial charge is 0.491 e. The highest BCUT2D eigenvalue weighted by Crippen LogP contribution is 2.35. The number of aromatic nitrogens is 3. The molecule has 0 aliphatic rings. The summed E-state index contributed by atoms with van der Waals surface area (Å²) in [6.45, 7) is 9.41. The number of rotatable bonds is 11. The summed E-state index contributed by atoms with van der Waals surface area (Å²) in [5.41, 5.74) is 4.42. The van der Waals surface area contributed by atoms with Crippen LogP contribution in [-0.2, 0) is 14.9 Å². The number of carbonyl (C=O) groups excluding carboxylic acids is 1. The first kappa shape index (κ1) is 28.6. The van der Waals surface area contributed by atoms with Gasteiger partial charge in [-0.1, -0.05) is 0 Å². The molecule has 12 nitrogen and oxygen atoms in total. The van der Waals surface area contributed by atoms with E-state index >= 15 is 0 Å². The fourth-order valence-electron chi connectivity index (χ4n) is 3.46. The van der Waals surface area contributed by atoms with Crippen LogP contribution in [0.3, 0.4) is 0 Å². The molecule has 1 amide bonds. The fraction of sp³-hybridized carbons (Fsp3) is 0.360. The van der Waals surface area contributed by atoms with Crippen molar-refractivity contribution in [3.8, 4) is 5.75 Å². The van der Waals surface area contributed by atoms with Crippen LogP contribution in [0.1, 0.15) is 42.6 Å². The zero-order valence-electron chi connectivity index (χ0n) is 22.5. The number of hydrogen-bond acceptors (Lipinski definition) is 10. The Morgan fingerprint density at radius 2 is 1.79 bits per heavy atom. The van der Waals surface area contributed by atoms with Crippen molar-refractivity contribution in [1.82, 2.24) is 20.4 Å². The van der Waals surface area contributed by atoms with E-state index in [1.807, 2.05) is 20.8 Å². The molecule has 204 valence electrons. The van der Waals surface area contributed by atoms with Gasteiger partial charge in [0, 0.05) is 37.1 Å². The number of hydrogen-bond donors (Lipinski definition) is 3. The molecule has 0 fully saturated rings. The van der Waals surface area contributed by atoms with Gasteiger partial charge < -0.3 is 15.4 Å². The third kappa shape index (κ3) is 7.52. The maximum Gasteiger partial charge on any atom is 0.278 e. The molecule has 0 bridgehead atoms. The summed E-state index contributed by atoms with van der Waals surface area (Å²) in [7, 11) is -2.17. The highest BCUT2D eigenvalue weighted by molar-refractivity contribution is 7.92. The number of benzene rings is 1. The van der Waals surface area contributed by atoms with E-state index in [0.29, 0.717) is 40.3 Å². The van der Waals surface area contributed by atoms with Crippen LogP contribution in [0.5, 0.6) is 5.75 Å². The van der Waals surface area contributed by atoms with Gasteiger partial charge in [0.25, 0.3) is 5.91 Å². The summed E-state index contributed by atoms with van der Waals surface area (Å²) in [5, 5.41) is 6.31. The highest BCUT2D eigenvalue weighted by atomic mass is 32.2. The summed E-state index contributed by atoms with van der Waals surface area (Å²) in [4.78, 5) is 30.9. The average molecular weight is 544 g/mol. The number of nitrogens with zero attached hydrogens (tertiary/aromatic N) is 4. The summed E-state index contributed by atoms with van der Waals surface area (Å²) >= 11 is 0. The highest BCUT2D eigenvalue weighted by Gasteiger charge is 2.20. The van der Waals surface area contributed by atoms with Crippen LogP contribution in [0.2, 0.25) is 0 Å². The second-order valence-corrected chi connectivity index (χ2v) is 10.8. The Balaban J connectivity index is 2.08. The minimum atomic E-state index is -3.61. The molecule has 3 rings (SSSR count). The first-order chi connectivity index (χ1) is 17.9. The van der Waals surface area contributed by atoms with Gasteiger partial charge in [-0.15, -0.1) is 0 Å². The van der Waals surface area contributed by atoms with Crippen LogP contribution in [0.4, 0.5) is 28.7 Å². The third-order valence-corrected chi connectivity index (χ3v) is 6.32. The van der Waals surface area contributed by atoms with E-state index in [4.69, 9.17) is 9.57 Å². The van der Waals surface area contributed by atoms with Gasteiger partial charge in [-0.25, -0.2) is 28.8 Å². The summed E-state index contributed by atoms with van der Waals surface area (Å²) in [5.74, 6) is 1.50. The second kappa shape index (κ2) is 12.0. The molecule has 0 radical (unpaired) electrons. The van der Waals surface area contributed by atoms with Gasteiger partial charge in [0.05, 0.1) is 41.6 Å². The third-order valence-electron chi connectivity index (χ3n) is 5.13. The van der Waals surface area contributed by atoms with Crippen molar-refractivity contribution >= 4 is 44.6 Å². The van der Waals surface area contributed by atoms with Crippen molar-refractivity contribution in [3.63, 3.8) is 0 Å². The van der Waals surface area contributed by atoms with Crippen molar-refractivity contribution in [2.24, 2.45) is 0 Å². The van der Waals surface area contributed by atoms with E-state index in [9.17, 15) is 13.2 Å². The van der Waals surface area contributed by atoms with Crippen LogP contribution in [0, 0.1) is 13.8 Å². The number of sulfonamides is 1. The molecule has 0 aliphatic carbocycles. The van der Waals surface area contributed by atoms with E-state index < -0.39 is 15.9 Å². The predicted molar refractivity (Wildman–Crippen MR) is 147 cm³/mol. The summed E-state index contributed by atoms with van der Waals surface area (Å²) < 4.78 is 31.7. The standard InChI is InChI=1S/C25H33N7O5S/c1-8-36-31-25(33)19-14-26-23(30-24-11-16(4)27-17(5)28-24)13-21(19)29-20-10-9-18(37-15(2)3)12-22(20)32(6)38(7,34)35/h9-15H,8H2,1-7H3,(H,31,33)(H2,26,27,28,29,30). The molecule has 0 aliphatic heterocycles. The zero-order chi connectivity index (χ0) is 28.0. The summed E-state index contributed by atoms with van der Waals surface area (Å²) in [6, 6.07) is 8.41. The van der Waals surface area contributed by atoms with Crippen LogP contribution < -0.4 is 25.2 Å². The minimum absolute atomic E-state index is 0.109. The minimum Gasteiger partial charge on any atom is -0.491 e. The molecule has 2 aromatic heterocycles. The van der Waals surface area contributed by atoms with Crippen molar-refractivity contribution in [3.05, 3.63) is 53.6 Å². The SMILES string of the molecule is CCONC(=O)c1cnc(Nc2cc(C)nc(C)n2)cc1Nc1ccc(OC(C)C)cc1N(C)S(C)(=O)=O. The lowest BCUT2D eigenvalue weighted by molar-refractivity contribution is 0.0365. The smallest absolute Gasteiger partial charge is 0.278 e. The molecule has 3 aromatic rings. The van der Waals surface area contributed by atoms with Gasteiger partial charge >= 0.3 is 0 Å². The first-order valence-electron chi connectivity index (χ1n) is 11.9. The monoisotopic (exact) mass is 543 g/mol. The molecule has 2 heterocycles. The maximum absolute atomic E-state index is 12.8. The Morgan fingerprint density at radius 1 is 1.05 bits per heavy atom. The number of hydroxylamine groups is 1. The Bertz CT molecular complexity index is 1390. The molecular formula is C25H33N7O5S. The topological polar surface area (TPSA) is 148 Å². The molecule has 0 saturated carbocycles. The Labute approximate surface area is 222 Å². The lowest BCUT2D eigenvalue weighted by atomic mass is 10.2. The molecule has 0 spiro atoms. The lowest BCUT2D eigenvalue weighted by Gasteiger charge is -2.23. The molecule has 0 unspecified atom stereocenters. The Hall–Kier alpha value is -3.97. The number of aryl methyl sites for hydroxylation is 2. The van der Waals surface area contributed by atoms with E-state index in [1.165, 1.54) is 13.2 Å². The van der Waals surface area contributed by atoms with Crippen LogP contribution in [-0.4, -0.2) is 55.3 Å². The lowest BCUT2D eigenvalue weighted by Crippen LogP contribution is -2.26. The number of carbonyl (C=O) groups is 1. The number of anilines is 5. The molecule has 1 aromatic carbocycles. The first-order valence-corrected chi connectivity index (χ1v) is 13.7. The molecule has 0 atom stereocenters. The van der Waals surface area contributed by atoms with E-state index in [1.54, 1.807) is 44.2 Å². The van der Waals surface area contributed by atoms with Gasteiger partial charge in [-0.3, -0.25) is 13.9 Å². The number of nitrogens with one attached hydrogen (secondary N) is 3. The molecule has 13 heteroatoms. The van der Waals surface area contributed by atoms with Gasteiger partial charge in [0.2, 0.25) is 10.0 Å². The van der Waals surface area contributed by atoms with Crippen LogP contribution in [0.25, 0.3) is 0 Å². The molecule has 0 saturated heterocycles. The van der Waals surface area contributed by atoms with E-state index in [-0.39, 0.29) is 18.3 Å². The summed E-state index contributed by atoms with van der Waals surface area (Å²) in [6.07, 6.45) is 2.38. The van der Waals surface area contributed by atoms with Gasteiger partial charge in [-0.2, -0.15) is 0 Å². The zero-order valence-corrected chi connectivity index (χ0v) is 23.3. The van der Waals surface area contributed by atoms with E-state index in [2.05, 4.69) is 31.1 Å². The molecular weight excluding hydrogens is 510 g/mol. The predicted octanol–water partition coefficient (Wildman–Crippen LogP) is 3.84. The van der Waals surface area contributed by atoms with E-state index in [0.717, 1.165) is 16.3 Å². The van der Waals surface area contributed by atoms with Crippen LogP contribution in [0.15, 0.2) is 36.5 Å². The number of pyridine rings is 1. The van der Waals surface area contributed by atoms with Gasteiger partial charge in [0.1, 0.15) is 23.2 Å². The fourth-order valence-corrected chi connectivity index (χ4v) is 3.97. The van der Waals surface area contributed by atoms with Gasteiger partial charge in [-0.05, 0) is 46.8 Å². The molecule has 38 heavy (non-hydrogen) atoms. The number of ether oxygens (including phenoxy) is 1. The quantitative estimate of drug-likeness (QED) is 0.305. The van der Waals surface area contributed by atoms with Gasteiger partial charge in [0.15, 0.2) is 0 Å². The average Bonchev–Trinajstić information content (AvgIpc) is 2.81. The Morgan fingerprint density at radius 3 is 2.42 bits per heavy atom. The van der Waals surface area contributed by atoms with Crippen molar-refractivity contribution < 1.29 is 22.8 Å². The van der Waals surface area contributed by atoms with Crippen LogP contribution >= 0.6 is 0 Å². The number of amides is 1.